The summed E-state index contributed by atoms with van der Waals surface area (Å²) in [6, 6.07) is 0.444. The first-order valence-corrected chi connectivity index (χ1v) is 8.95. The van der Waals surface area contributed by atoms with E-state index in [0.29, 0.717) is 18.5 Å². The van der Waals surface area contributed by atoms with Gasteiger partial charge in [0.05, 0.1) is 5.75 Å². The Balaban J connectivity index is 4.21. The molecule has 1 N–H and O–H groups in total. The van der Waals surface area contributed by atoms with E-state index in [1.807, 2.05) is 7.05 Å². The van der Waals surface area contributed by atoms with Gasteiger partial charge in [0.2, 0.25) is 0 Å². The van der Waals surface area contributed by atoms with Gasteiger partial charge in [0.15, 0.2) is 0 Å². The SMILES string of the molecule is CCCNC(CN(C)CCS(C)(=O)=O)C(C)CC. The fourth-order valence-corrected chi connectivity index (χ4v) is 2.45. The average Bonchev–Trinajstić information content (AvgIpc) is 2.30. The van der Waals surface area contributed by atoms with Crippen molar-refractivity contribution in [2.24, 2.45) is 5.92 Å². The van der Waals surface area contributed by atoms with Gasteiger partial charge in [-0.25, -0.2) is 8.42 Å². The average molecular weight is 278 g/mol. The number of hydrogen-bond donors (Lipinski definition) is 1. The zero-order chi connectivity index (χ0) is 14.2. The van der Waals surface area contributed by atoms with E-state index >= 15 is 0 Å². The van der Waals surface area contributed by atoms with Crippen molar-refractivity contribution in [1.29, 1.82) is 0 Å². The molecule has 18 heavy (non-hydrogen) atoms. The molecule has 0 fully saturated rings. The van der Waals surface area contributed by atoms with Crippen LogP contribution in [0.5, 0.6) is 0 Å². The van der Waals surface area contributed by atoms with Gasteiger partial charge in [0, 0.05) is 25.4 Å². The van der Waals surface area contributed by atoms with Gasteiger partial charge in [-0.15, -0.1) is 0 Å². The van der Waals surface area contributed by atoms with Gasteiger partial charge < -0.3 is 10.2 Å². The second-order valence-corrected chi connectivity index (χ2v) is 7.60. The molecule has 0 saturated heterocycles. The van der Waals surface area contributed by atoms with Crippen LogP contribution in [0.15, 0.2) is 0 Å². The summed E-state index contributed by atoms with van der Waals surface area (Å²) in [4.78, 5) is 2.11. The van der Waals surface area contributed by atoms with Crippen molar-refractivity contribution < 1.29 is 8.42 Å². The minimum atomic E-state index is -2.86. The summed E-state index contributed by atoms with van der Waals surface area (Å²) in [5.41, 5.74) is 0. The first-order valence-electron chi connectivity index (χ1n) is 6.89. The van der Waals surface area contributed by atoms with Gasteiger partial charge in [0.25, 0.3) is 0 Å². The van der Waals surface area contributed by atoms with E-state index in [2.05, 4.69) is 31.0 Å². The van der Waals surface area contributed by atoms with Crippen molar-refractivity contribution >= 4 is 9.84 Å². The van der Waals surface area contributed by atoms with Crippen molar-refractivity contribution in [2.75, 3.05) is 38.7 Å². The van der Waals surface area contributed by atoms with Crippen LogP contribution < -0.4 is 5.32 Å². The molecule has 110 valence electrons. The van der Waals surface area contributed by atoms with E-state index in [-0.39, 0.29) is 5.75 Å². The summed E-state index contributed by atoms with van der Waals surface area (Å²) >= 11 is 0. The van der Waals surface area contributed by atoms with E-state index in [9.17, 15) is 8.42 Å². The van der Waals surface area contributed by atoms with Crippen LogP contribution in [0.1, 0.15) is 33.6 Å². The van der Waals surface area contributed by atoms with Crippen LogP contribution in [-0.2, 0) is 9.84 Å². The molecule has 2 atom stereocenters. The molecule has 0 aromatic carbocycles. The molecule has 0 radical (unpaired) electrons. The number of nitrogens with zero attached hydrogens (tertiary/aromatic N) is 1. The van der Waals surface area contributed by atoms with Gasteiger partial charge >= 0.3 is 0 Å². The van der Waals surface area contributed by atoms with Crippen LogP contribution in [-0.4, -0.2) is 58.1 Å². The highest BCUT2D eigenvalue weighted by molar-refractivity contribution is 7.90. The summed E-state index contributed by atoms with van der Waals surface area (Å²) < 4.78 is 22.3. The highest BCUT2D eigenvalue weighted by Gasteiger charge is 2.17. The number of nitrogens with one attached hydrogen (secondary N) is 1. The fraction of sp³-hybridized carbons (Fsp3) is 1.00. The smallest absolute Gasteiger partial charge is 0.148 e. The fourth-order valence-electron chi connectivity index (χ4n) is 1.81. The Hall–Kier alpha value is -0.130. The third-order valence-corrected chi connectivity index (χ3v) is 4.26. The minimum Gasteiger partial charge on any atom is -0.312 e. The molecule has 0 bridgehead atoms. The molecule has 0 saturated carbocycles. The van der Waals surface area contributed by atoms with Gasteiger partial charge in [-0.1, -0.05) is 27.2 Å². The minimum absolute atomic E-state index is 0.241. The maximum Gasteiger partial charge on any atom is 0.148 e. The summed E-state index contributed by atoms with van der Waals surface area (Å²) in [7, 11) is -0.866. The Labute approximate surface area is 113 Å². The Bertz CT molecular complexity index is 304. The predicted octanol–water partition coefficient (Wildman–Crippen LogP) is 1.38. The standard InChI is InChI=1S/C13H30N2O2S/c1-6-8-14-13(12(3)7-2)11-15(4)9-10-18(5,16)17/h12-14H,6-11H2,1-5H3. The van der Waals surface area contributed by atoms with E-state index < -0.39 is 9.84 Å². The van der Waals surface area contributed by atoms with Crippen molar-refractivity contribution in [3.05, 3.63) is 0 Å². The molecule has 0 rings (SSSR count). The summed E-state index contributed by atoms with van der Waals surface area (Å²) in [6.45, 7) is 9.15. The summed E-state index contributed by atoms with van der Waals surface area (Å²) in [5.74, 6) is 0.849. The van der Waals surface area contributed by atoms with Crippen LogP contribution in [0.3, 0.4) is 0 Å². The summed E-state index contributed by atoms with van der Waals surface area (Å²) in [5, 5.41) is 3.56. The predicted molar refractivity (Wildman–Crippen MR) is 78.7 cm³/mol. The zero-order valence-electron chi connectivity index (χ0n) is 12.6. The lowest BCUT2D eigenvalue weighted by atomic mass is 9.98. The van der Waals surface area contributed by atoms with Crippen LogP contribution in [0, 0.1) is 5.92 Å². The van der Waals surface area contributed by atoms with Gasteiger partial charge in [-0.3, -0.25) is 0 Å². The molecule has 0 aliphatic rings. The number of hydrogen-bond acceptors (Lipinski definition) is 4. The topological polar surface area (TPSA) is 49.4 Å². The lowest BCUT2D eigenvalue weighted by Crippen LogP contribution is -2.44. The van der Waals surface area contributed by atoms with E-state index in [0.717, 1.165) is 25.9 Å². The maximum absolute atomic E-state index is 11.1. The molecule has 0 aromatic rings. The molecule has 4 nitrogen and oxygen atoms in total. The normalized spacial score (nSPS) is 15.9. The van der Waals surface area contributed by atoms with Crippen molar-refractivity contribution in [3.8, 4) is 0 Å². The van der Waals surface area contributed by atoms with Crippen LogP contribution >= 0.6 is 0 Å². The quantitative estimate of drug-likeness (QED) is 0.656. The van der Waals surface area contributed by atoms with E-state index in [4.69, 9.17) is 0 Å². The molecule has 0 aliphatic carbocycles. The molecular formula is C13H30N2O2S. The second-order valence-electron chi connectivity index (χ2n) is 5.34. The van der Waals surface area contributed by atoms with E-state index in [1.165, 1.54) is 6.26 Å². The van der Waals surface area contributed by atoms with Gasteiger partial charge in [-0.05, 0) is 25.9 Å². The van der Waals surface area contributed by atoms with Crippen LogP contribution in [0.2, 0.25) is 0 Å². The van der Waals surface area contributed by atoms with Gasteiger partial charge in [-0.2, -0.15) is 0 Å². The molecule has 0 aliphatic heterocycles. The maximum atomic E-state index is 11.1. The Morgan fingerprint density at radius 2 is 1.89 bits per heavy atom. The third-order valence-electron chi connectivity index (χ3n) is 3.34. The first kappa shape index (κ1) is 17.9. The van der Waals surface area contributed by atoms with Gasteiger partial charge in [0.1, 0.15) is 9.84 Å². The summed E-state index contributed by atoms with van der Waals surface area (Å²) in [6.07, 6.45) is 3.56. The number of rotatable bonds is 10. The molecular weight excluding hydrogens is 248 g/mol. The molecule has 2 unspecified atom stereocenters. The molecule has 0 amide bonds. The van der Waals surface area contributed by atoms with Crippen molar-refractivity contribution in [2.45, 2.75) is 39.7 Å². The Kier molecular flexibility index (Phi) is 8.82. The monoisotopic (exact) mass is 278 g/mol. The van der Waals surface area contributed by atoms with Crippen molar-refractivity contribution in [1.82, 2.24) is 10.2 Å². The molecule has 0 aromatic heterocycles. The Morgan fingerprint density at radius 1 is 1.28 bits per heavy atom. The highest BCUT2D eigenvalue weighted by Crippen LogP contribution is 2.09. The third kappa shape index (κ3) is 8.89. The molecule has 5 heteroatoms. The van der Waals surface area contributed by atoms with E-state index in [1.54, 1.807) is 0 Å². The largest absolute Gasteiger partial charge is 0.312 e. The lowest BCUT2D eigenvalue weighted by Gasteiger charge is -2.29. The Morgan fingerprint density at radius 3 is 2.33 bits per heavy atom. The zero-order valence-corrected chi connectivity index (χ0v) is 13.4. The molecule has 0 spiro atoms. The first-order chi connectivity index (χ1) is 8.30. The number of likely N-dealkylation sites (N-methyl/N-ethyl adjacent to an activating group) is 1. The highest BCUT2D eigenvalue weighted by atomic mass is 32.2. The van der Waals surface area contributed by atoms with Crippen LogP contribution in [0.25, 0.3) is 0 Å². The van der Waals surface area contributed by atoms with Crippen LogP contribution in [0.4, 0.5) is 0 Å². The second kappa shape index (κ2) is 8.88. The number of sulfone groups is 1. The lowest BCUT2D eigenvalue weighted by molar-refractivity contribution is 0.252. The molecule has 0 heterocycles. The van der Waals surface area contributed by atoms with Crippen molar-refractivity contribution in [3.63, 3.8) is 0 Å².